The zero-order valence-corrected chi connectivity index (χ0v) is 15.3. The number of phenols is 1. The molecule has 0 atom stereocenters. The van der Waals surface area contributed by atoms with Crippen molar-refractivity contribution in [2.75, 3.05) is 0 Å². The number of rotatable bonds is 4. The number of phenolic OH excluding ortho intramolecular Hbond substituents is 1. The second kappa shape index (κ2) is 7.32. The number of aromatic nitrogens is 2. The summed E-state index contributed by atoms with van der Waals surface area (Å²) in [6, 6.07) is 6.66. The Balaban J connectivity index is 1.51. The molecular weight excluding hydrogens is 364 g/mol. The molecule has 0 saturated carbocycles. The van der Waals surface area contributed by atoms with Crippen LogP contribution in [0.2, 0.25) is 0 Å². The molecule has 2 aromatic heterocycles. The maximum atomic E-state index is 12.8. The number of amides is 1. The second-order valence-electron chi connectivity index (χ2n) is 6.42. The Hall–Kier alpha value is -3.00. The van der Waals surface area contributed by atoms with Crippen LogP contribution in [0.1, 0.15) is 28.8 Å². The third-order valence-electron chi connectivity index (χ3n) is 4.59. The quantitative estimate of drug-likeness (QED) is 0.534. The minimum absolute atomic E-state index is 0.0728. The Labute approximate surface area is 159 Å². The van der Waals surface area contributed by atoms with Gasteiger partial charge in [-0.2, -0.15) is 5.10 Å². The van der Waals surface area contributed by atoms with Crippen molar-refractivity contribution in [2.24, 2.45) is 5.10 Å². The zero-order chi connectivity index (χ0) is 18.8. The molecule has 0 aliphatic heterocycles. The van der Waals surface area contributed by atoms with Gasteiger partial charge in [-0.25, -0.2) is 10.4 Å². The molecule has 1 amide bonds. The normalized spacial score (nSPS) is 13.8. The van der Waals surface area contributed by atoms with Gasteiger partial charge in [0, 0.05) is 10.4 Å². The van der Waals surface area contributed by atoms with Gasteiger partial charge in [0.05, 0.1) is 17.9 Å². The van der Waals surface area contributed by atoms with Crippen LogP contribution in [-0.4, -0.2) is 26.8 Å². The molecule has 8 heteroatoms. The van der Waals surface area contributed by atoms with Gasteiger partial charge in [0.1, 0.15) is 17.1 Å². The molecule has 27 heavy (non-hydrogen) atoms. The van der Waals surface area contributed by atoms with Crippen molar-refractivity contribution in [3.8, 4) is 5.75 Å². The molecule has 0 saturated heterocycles. The lowest BCUT2D eigenvalue weighted by molar-refractivity contribution is -0.121. The average Bonchev–Trinajstić information content (AvgIpc) is 3.05. The third kappa shape index (κ3) is 3.48. The van der Waals surface area contributed by atoms with Gasteiger partial charge in [0.2, 0.25) is 0 Å². The fraction of sp³-hybridized carbons (Fsp3) is 0.263. The summed E-state index contributed by atoms with van der Waals surface area (Å²) in [6.45, 7) is -0.162. The number of aromatic hydroxyl groups is 1. The highest BCUT2D eigenvalue weighted by Crippen LogP contribution is 2.33. The molecule has 7 nitrogen and oxygen atoms in total. The first-order chi connectivity index (χ1) is 13.1. The van der Waals surface area contributed by atoms with Crippen LogP contribution < -0.4 is 11.0 Å². The fourth-order valence-electron chi connectivity index (χ4n) is 3.25. The van der Waals surface area contributed by atoms with Gasteiger partial charge < -0.3 is 5.11 Å². The number of benzene rings is 1. The Morgan fingerprint density at radius 3 is 3.00 bits per heavy atom. The Bertz CT molecular complexity index is 1100. The number of hydrazone groups is 1. The molecule has 1 aliphatic carbocycles. The number of fused-ring (bicyclic) bond motifs is 3. The number of para-hydroxylation sites is 1. The minimum atomic E-state index is -0.436. The third-order valence-corrected chi connectivity index (χ3v) is 5.79. The molecule has 2 N–H and O–H groups in total. The van der Waals surface area contributed by atoms with E-state index in [4.69, 9.17) is 0 Å². The van der Waals surface area contributed by atoms with E-state index in [1.807, 2.05) is 0 Å². The van der Waals surface area contributed by atoms with Crippen LogP contribution >= 0.6 is 11.3 Å². The maximum Gasteiger partial charge on any atom is 0.262 e. The Morgan fingerprint density at radius 2 is 2.15 bits per heavy atom. The van der Waals surface area contributed by atoms with Gasteiger partial charge in [0.15, 0.2) is 0 Å². The van der Waals surface area contributed by atoms with Crippen molar-refractivity contribution in [1.82, 2.24) is 15.0 Å². The van der Waals surface area contributed by atoms with Crippen molar-refractivity contribution in [1.29, 1.82) is 0 Å². The topological polar surface area (TPSA) is 96.6 Å². The van der Waals surface area contributed by atoms with Gasteiger partial charge >= 0.3 is 0 Å². The predicted molar refractivity (Wildman–Crippen MR) is 104 cm³/mol. The number of nitrogens with one attached hydrogen (secondary N) is 1. The number of hydrogen-bond donors (Lipinski definition) is 2. The number of carbonyl (C=O) groups is 1. The number of carbonyl (C=O) groups excluding carboxylic acids is 1. The van der Waals surface area contributed by atoms with E-state index in [-0.39, 0.29) is 17.9 Å². The van der Waals surface area contributed by atoms with Crippen LogP contribution in [0.4, 0.5) is 0 Å². The molecular formula is C19H18N4O3S. The predicted octanol–water partition coefficient (Wildman–Crippen LogP) is 2.19. The average molecular weight is 382 g/mol. The number of aryl methyl sites for hydroxylation is 2. The summed E-state index contributed by atoms with van der Waals surface area (Å²) in [6.07, 6.45) is 6.89. The van der Waals surface area contributed by atoms with Crippen LogP contribution in [0.5, 0.6) is 5.75 Å². The van der Waals surface area contributed by atoms with E-state index in [0.29, 0.717) is 10.9 Å². The largest absolute Gasteiger partial charge is 0.507 e. The lowest BCUT2D eigenvalue weighted by Gasteiger charge is -2.10. The van der Waals surface area contributed by atoms with Gasteiger partial charge in [-0.05, 0) is 43.4 Å². The van der Waals surface area contributed by atoms with Gasteiger partial charge in [0.25, 0.3) is 11.5 Å². The number of hydrogen-bond acceptors (Lipinski definition) is 6. The van der Waals surface area contributed by atoms with Crippen LogP contribution in [0.15, 0.2) is 40.5 Å². The molecule has 3 aromatic rings. The summed E-state index contributed by atoms with van der Waals surface area (Å²) in [4.78, 5) is 31.3. The zero-order valence-electron chi connectivity index (χ0n) is 14.5. The Morgan fingerprint density at radius 1 is 1.33 bits per heavy atom. The van der Waals surface area contributed by atoms with Crippen molar-refractivity contribution >= 4 is 33.7 Å². The van der Waals surface area contributed by atoms with E-state index < -0.39 is 5.91 Å². The van der Waals surface area contributed by atoms with E-state index in [2.05, 4.69) is 15.5 Å². The summed E-state index contributed by atoms with van der Waals surface area (Å²) in [5, 5.41) is 14.2. The van der Waals surface area contributed by atoms with E-state index in [1.54, 1.807) is 29.5 Å². The lowest BCUT2D eigenvalue weighted by Crippen LogP contribution is -2.30. The summed E-state index contributed by atoms with van der Waals surface area (Å²) >= 11 is 1.58. The SMILES string of the molecule is O=C(Cn1cnc2sc3c(c2c1=O)CCCC3)NN=Cc1ccccc1O. The van der Waals surface area contributed by atoms with Gasteiger partial charge in [-0.15, -0.1) is 11.3 Å². The molecule has 0 fully saturated rings. The second-order valence-corrected chi connectivity index (χ2v) is 7.50. The summed E-state index contributed by atoms with van der Waals surface area (Å²) in [5.41, 5.74) is 3.78. The van der Waals surface area contributed by atoms with Crippen LogP contribution in [0, 0.1) is 0 Å². The monoisotopic (exact) mass is 382 g/mol. The highest BCUT2D eigenvalue weighted by atomic mass is 32.1. The van der Waals surface area contributed by atoms with Crippen molar-refractivity contribution in [3.05, 3.63) is 57.0 Å². The van der Waals surface area contributed by atoms with E-state index in [9.17, 15) is 14.7 Å². The highest BCUT2D eigenvalue weighted by Gasteiger charge is 2.20. The molecule has 0 bridgehead atoms. The molecule has 0 unspecified atom stereocenters. The minimum Gasteiger partial charge on any atom is -0.507 e. The number of nitrogens with zero attached hydrogens (tertiary/aromatic N) is 3. The van der Waals surface area contributed by atoms with Crippen LogP contribution in [0.3, 0.4) is 0 Å². The van der Waals surface area contributed by atoms with E-state index in [0.717, 1.165) is 36.1 Å². The first kappa shape index (κ1) is 17.4. The van der Waals surface area contributed by atoms with E-state index >= 15 is 0 Å². The first-order valence-corrected chi connectivity index (χ1v) is 9.54. The van der Waals surface area contributed by atoms with Gasteiger partial charge in [-0.3, -0.25) is 14.2 Å². The fourth-order valence-corrected chi connectivity index (χ4v) is 4.47. The summed E-state index contributed by atoms with van der Waals surface area (Å²) in [5.74, 6) is -0.363. The molecule has 0 spiro atoms. The molecule has 2 heterocycles. The number of thiophene rings is 1. The van der Waals surface area contributed by atoms with Crippen molar-refractivity contribution in [2.45, 2.75) is 32.2 Å². The standard InChI is InChI=1S/C19H18N4O3S/c24-14-7-3-1-5-12(14)9-21-22-16(25)10-23-11-20-18-17(19(23)26)13-6-2-4-8-15(13)27-18/h1,3,5,7,9,11,24H,2,4,6,8,10H2,(H,22,25). The smallest absolute Gasteiger partial charge is 0.262 e. The molecule has 1 aliphatic rings. The van der Waals surface area contributed by atoms with Gasteiger partial charge in [-0.1, -0.05) is 12.1 Å². The molecule has 0 radical (unpaired) electrons. The lowest BCUT2D eigenvalue weighted by atomic mass is 9.97. The molecule has 138 valence electrons. The molecule has 4 rings (SSSR count). The van der Waals surface area contributed by atoms with Crippen LogP contribution in [-0.2, 0) is 24.2 Å². The Kier molecular flexibility index (Phi) is 4.72. The highest BCUT2D eigenvalue weighted by molar-refractivity contribution is 7.18. The summed E-state index contributed by atoms with van der Waals surface area (Å²) in [7, 11) is 0. The molecule has 1 aromatic carbocycles. The first-order valence-electron chi connectivity index (χ1n) is 8.73. The van der Waals surface area contributed by atoms with Crippen LogP contribution in [0.25, 0.3) is 10.2 Å². The maximum absolute atomic E-state index is 12.8. The van der Waals surface area contributed by atoms with Crippen molar-refractivity contribution in [3.63, 3.8) is 0 Å². The van der Waals surface area contributed by atoms with Crippen molar-refractivity contribution < 1.29 is 9.90 Å². The van der Waals surface area contributed by atoms with E-state index in [1.165, 1.54) is 28.1 Å². The summed E-state index contributed by atoms with van der Waals surface area (Å²) < 4.78 is 1.31.